The van der Waals surface area contributed by atoms with Gasteiger partial charge in [0, 0.05) is 19.7 Å². The molecule has 108 valence electrons. The molecular weight excluding hydrogens is 276 g/mol. The number of carbonyl (C=O) groups is 1. The lowest BCUT2D eigenvalue weighted by molar-refractivity contribution is -0.115. The van der Waals surface area contributed by atoms with E-state index in [2.05, 4.69) is 10.6 Å². The van der Waals surface area contributed by atoms with Crippen molar-refractivity contribution in [2.75, 3.05) is 27.4 Å². The molecule has 0 fully saturated rings. The number of thiocarbonyl (C=S) groups is 1. The Morgan fingerprint density at radius 1 is 1.30 bits per heavy atom. The highest BCUT2D eigenvalue weighted by Gasteiger charge is 1.99. The van der Waals surface area contributed by atoms with Crippen LogP contribution in [0, 0.1) is 0 Å². The number of ether oxygens (including phenoxy) is 2. The first kappa shape index (κ1) is 16.1. The smallest absolute Gasteiger partial charge is 0.250 e. The minimum absolute atomic E-state index is 0.282. The molecule has 20 heavy (non-hydrogen) atoms. The highest BCUT2D eigenvalue weighted by Crippen LogP contribution is 2.12. The van der Waals surface area contributed by atoms with E-state index in [9.17, 15) is 4.79 Å². The fourth-order valence-corrected chi connectivity index (χ4v) is 1.55. The second-order valence-corrected chi connectivity index (χ2v) is 4.25. The van der Waals surface area contributed by atoms with Crippen LogP contribution in [0.5, 0.6) is 5.75 Å². The van der Waals surface area contributed by atoms with Gasteiger partial charge in [-0.05, 0) is 36.0 Å². The van der Waals surface area contributed by atoms with Gasteiger partial charge in [-0.15, -0.1) is 0 Å². The number of hydrogen-bond donors (Lipinski definition) is 2. The summed E-state index contributed by atoms with van der Waals surface area (Å²) in [7, 11) is 3.21. The van der Waals surface area contributed by atoms with E-state index in [0.29, 0.717) is 13.2 Å². The molecule has 2 N–H and O–H groups in total. The Balaban J connectivity index is 2.40. The lowest BCUT2D eigenvalue weighted by Gasteiger charge is -2.06. The van der Waals surface area contributed by atoms with Gasteiger partial charge in [0.2, 0.25) is 5.91 Å². The van der Waals surface area contributed by atoms with Gasteiger partial charge in [-0.25, -0.2) is 0 Å². The van der Waals surface area contributed by atoms with Crippen LogP contribution in [0.1, 0.15) is 5.56 Å². The average molecular weight is 294 g/mol. The quantitative estimate of drug-likeness (QED) is 0.471. The molecule has 1 amide bonds. The Hall–Kier alpha value is -1.92. The van der Waals surface area contributed by atoms with E-state index in [-0.39, 0.29) is 11.0 Å². The van der Waals surface area contributed by atoms with Gasteiger partial charge in [0.05, 0.1) is 13.7 Å². The van der Waals surface area contributed by atoms with Crippen molar-refractivity contribution in [3.63, 3.8) is 0 Å². The second-order valence-electron chi connectivity index (χ2n) is 3.84. The summed E-state index contributed by atoms with van der Waals surface area (Å²) in [5.74, 6) is 0.492. The lowest BCUT2D eigenvalue weighted by Crippen LogP contribution is -2.39. The van der Waals surface area contributed by atoms with Crippen LogP contribution < -0.4 is 15.4 Å². The van der Waals surface area contributed by atoms with Gasteiger partial charge >= 0.3 is 0 Å². The number of benzene rings is 1. The monoisotopic (exact) mass is 294 g/mol. The molecule has 0 unspecified atom stereocenters. The molecule has 0 atom stereocenters. The van der Waals surface area contributed by atoms with Crippen molar-refractivity contribution in [1.82, 2.24) is 10.6 Å². The van der Waals surface area contributed by atoms with E-state index in [0.717, 1.165) is 11.3 Å². The fourth-order valence-electron chi connectivity index (χ4n) is 1.35. The molecule has 0 heterocycles. The van der Waals surface area contributed by atoms with Crippen molar-refractivity contribution in [1.29, 1.82) is 0 Å². The molecule has 0 bridgehead atoms. The maximum Gasteiger partial charge on any atom is 0.250 e. The number of methoxy groups -OCH3 is 2. The SMILES string of the molecule is COCCNC(=S)NC(=O)/C=C/c1ccc(OC)cc1. The fraction of sp³-hybridized carbons (Fsp3) is 0.286. The van der Waals surface area contributed by atoms with Crippen LogP contribution in [0.3, 0.4) is 0 Å². The van der Waals surface area contributed by atoms with Crippen LogP contribution >= 0.6 is 12.2 Å². The minimum Gasteiger partial charge on any atom is -0.497 e. The third-order valence-corrected chi connectivity index (χ3v) is 2.62. The van der Waals surface area contributed by atoms with Crippen LogP contribution in [-0.2, 0) is 9.53 Å². The zero-order valence-corrected chi connectivity index (χ0v) is 12.3. The summed E-state index contributed by atoms with van der Waals surface area (Å²) in [4.78, 5) is 11.6. The van der Waals surface area contributed by atoms with E-state index in [1.807, 2.05) is 24.3 Å². The van der Waals surface area contributed by atoms with Crippen molar-refractivity contribution in [3.05, 3.63) is 35.9 Å². The maximum absolute atomic E-state index is 11.6. The largest absolute Gasteiger partial charge is 0.497 e. The third-order valence-electron chi connectivity index (χ3n) is 2.37. The van der Waals surface area contributed by atoms with Crippen LogP contribution in [0.2, 0.25) is 0 Å². The Morgan fingerprint density at radius 2 is 2.00 bits per heavy atom. The predicted molar refractivity (Wildman–Crippen MR) is 82.6 cm³/mol. The highest BCUT2D eigenvalue weighted by molar-refractivity contribution is 7.80. The van der Waals surface area contributed by atoms with Crippen LogP contribution in [-0.4, -0.2) is 38.4 Å². The van der Waals surface area contributed by atoms with Crippen LogP contribution in [0.15, 0.2) is 30.3 Å². The molecule has 0 aliphatic carbocycles. The summed E-state index contributed by atoms with van der Waals surface area (Å²) in [6.07, 6.45) is 3.12. The number of hydrogen-bond acceptors (Lipinski definition) is 4. The first-order valence-electron chi connectivity index (χ1n) is 6.05. The molecule has 0 saturated carbocycles. The third kappa shape index (κ3) is 6.31. The zero-order chi connectivity index (χ0) is 14.8. The molecule has 0 aromatic heterocycles. The first-order valence-corrected chi connectivity index (χ1v) is 6.46. The van der Waals surface area contributed by atoms with Crippen molar-refractivity contribution in [2.24, 2.45) is 0 Å². The Bertz CT molecular complexity index is 472. The van der Waals surface area contributed by atoms with Gasteiger partial charge in [0.15, 0.2) is 5.11 Å². The summed E-state index contributed by atoms with van der Waals surface area (Å²) in [5, 5.41) is 5.68. The molecule has 0 aliphatic rings. The molecule has 0 saturated heterocycles. The standard InChI is InChI=1S/C14H18N2O3S/c1-18-10-9-15-14(20)16-13(17)8-5-11-3-6-12(19-2)7-4-11/h3-8H,9-10H2,1-2H3,(H2,15,16,17,20)/b8-5+. The van der Waals surface area contributed by atoms with Gasteiger partial charge in [-0.3, -0.25) is 10.1 Å². The van der Waals surface area contributed by atoms with E-state index in [4.69, 9.17) is 21.7 Å². The first-order chi connectivity index (χ1) is 9.65. The summed E-state index contributed by atoms with van der Waals surface area (Å²) in [6, 6.07) is 7.37. The van der Waals surface area contributed by atoms with Crippen molar-refractivity contribution in [3.8, 4) is 5.75 Å². The van der Waals surface area contributed by atoms with Gasteiger partial charge in [-0.1, -0.05) is 12.1 Å². The number of amides is 1. The van der Waals surface area contributed by atoms with Crippen molar-refractivity contribution in [2.45, 2.75) is 0 Å². The highest BCUT2D eigenvalue weighted by atomic mass is 32.1. The number of carbonyl (C=O) groups excluding carboxylic acids is 1. The number of nitrogens with one attached hydrogen (secondary N) is 2. The predicted octanol–water partition coefficient (Wildman–Crippen LogP) is 1.35. The van der Waals surface area contributed by atoms with E-state index < -0.39 is 0 Å². The normalized spacial score (nSPS) is 10.3. The number of rotatable bonds is 6. The van der Waals surface area contributed by atoms with E-state index >= 15 is 0 Å². The van der Waals surface area contributed by atoms with Gasteiger partial charge in [0.25, 0.3) is 0 Å². The molecule has 0 aliphatic heterocycles. The maximum atomic E-state index is 11.6. The van der Waals surface area contributed by atoms with Crippen molar-refractivity contribution < 1.29 is 14.3 Å². The van der Waals surface area contributed by atoms with Crippen LogP contribution in [0.4, 0.5) is 0 Å². The zero-order valence-electron chi connectivity index (χ0n) is 11.5. The Kier molecular flexibility index (Phi) is 7.31. The van der Waals surface area contributed by atoms with Gasteiger partial charge < -0.3 is 14.8 Å². The average Bonchev–Trinajstić information content (AvgIpc) is 2.46. The Morgan fingerprint density at radius 3 is 2.60 bits per heavy atom. The van der Waals surface area contributed by atoms with Crippen molar-refractivity contribution >= 4 is 29.3 Å². The minimum atomic E-state index is -0.282. The van der Waals surface area contributed by atoms with Gasteiger partial charge in [-0.2, -0.15) is 0 Å². The van der Waals surface area contributed by atoms with E-state index in [1.165, 1.54) is 6.08 Å². The summed E-state index contributed by atoms with van der Waals surface area (Å²) in [6.45, 7) is 1.08. The van der Waals surface area contributed by atoms with E-state index in [1.54, 1.807) is 20.3 Å². The topological polar surface area (TPSA) is 59.6 Å². The molecule has 5 nitrogen and oxygen atoms in total. The molecule has 1 rings (SSSR count). The molecule has 0 spiro atoms. The molecule has 6 heteroatoms. The van der Waals surface area contributed by atoms with Gasteiger partial charge in [0.1, 0.15) is 5.75 Å². The molecule has 0 radical (unpaired) electrons. The Labute approximate surface area is 124 Å². The lowest BCUT2D eigenvalue weighted by atomic mass is 10.2. The molecular formula is C14H18N2O3S. The summed E-state index contributed by atoms with van der Waals surface area (Å²) >= 11 is 4.96. The summed E-state index contributed by atoms with van der Waals surface area (Å²) < 4.78 is 9.92. The molecule has 1 aromatic carbocycles. The molecule has 1 aromatic rings. The second kappa shape index (κ2) is 9.06. The van der Waals surface area contributed by atoms with Crippen LogP contribution in [0.25, 0.3) is 6.08 Å². The summed E-state index contributed by atoms with van der Waals surface area (Å²) in [5.41, 5.74) is 0.902.